The third-order valence-corrected chi connectivity index (χ3v) is 9.36. The second kappa shape index (κ2) is 16.4. The van der Waals surface area contributed by atoms with Crippen LogP contribution in [-0.4, -0.2) is 75.2 Å². The largest absolute Gasteiger partial charge is 0.496 e. The number of hydrogen-bond donors (Lipinski definition) is 2. The summed E-state index contributed by atoms with van der Waals surface area (Å²) in [4.78, 5) is 31.3. The molecule has 2 N–H and O–H groups in total. The quantitative estimate of drug-likeness (QED) is 0.268. The van der Waals surface area contributed by atoms with Crippen LogP contribution in [0.4, 0.5) is 9.59 Å². The van der Waals surface area contributed by atoms with Gasteiger partial charge in [0.15, 0.2) is 17.3 Å². The first-order chi connectivity index (χ1) is 23.9. The van der Waals surface area contributed by atoms with Gasteiger partial charge in [-0.05, 0) is 56.2 Å². The van der Waals surface area contributed by atoms with Crippen LogP contribution in [0.5, 0.6) is 17.2 Å². The first kappa shape index (κ1) is 34.6. The minimum Gasteiger partial charge on any atom is -0.496 e. The van der Waals surface area contributed by atoms with Crippen LogP contribution in [0, 0.1) is 0 Å². The molecule has 2 aromatic rings. The van der Waals surface area contributed by atoms with Gasteiger partial charge in [0.1, 0.15) is 24.6 Å². The number of para-hydroxylation sites is 2. The highest BCUT2D eigenvalue weighted by molar-refractivity contribution is 5.85. The van der Waals surface area contributed by atoms with Gasteiger partial charge in [0.2, 0.25) is 6.79 Å². The molecule has 4 aliphatic heterocycles. The van der Waals surface area contributed by atoms with Gasteiger partial charge in [0.25, 0.3) is 0 Å². The Bertz CT molecular complexity index is 1470. The molecule has 266 valence electrons. The Kier molecular flexibility index (Phi) is 11.6. The van der Waals surface area contributed by atoms with Crippen molar-refractivity contribution in [3.05, 3.63) is 53.6 Å². The molecule has 13 heteroatoms. The topological polar surface area (TPSA) is 144 Å². The summed E-state index contributed by atoms with van der Waals surface area (Å²) >= 11 is 0. The van der Waals surface area contributed by atoms with Gasteiger partial charge < -0.3 is 48.6 Å². The molecule has 49 heavy (non-hydrogen) atoms. The van der Waals surface area contributed by atoms with Gasteiger partial charge in [-0.3, -0.25) is 0 Å². The average molecular weight is 682 g/mol. The van der Waals surface area contributed by atoms with Gasteiger partial charge >= 0.3 is 12.2 Å². The molecule has 5 unspecified atom stereocenters. The number of nitrogens with one attached hydrogen (secondary N) is 2. The van der Waals surface area contributed by atoms with Crippen LogP contribution in [0.15, 0.2) is 47.6 Å². The maximum atomic E-state index is 13.1. The Balaban J connectivity index is 1.02. The van der Waals surface area contributed by atoms with E-state index in [2.05, 4.69) is 22.7 Å². The Hall–Kier alpha value is -4.23. The molecule has 0 radical (unpaired) electrons. The molecular weight excluding hydrogens is 634 g/mol. The molecule has 2 amide bonds. The van der Waals surface area contributed by atoms with E-state index >= 15 is 0 Å². The number of oxime groups is 1. The van der Waals surface area contributed by atoms with Crippen molar-refractivity contribution in [3.63, 3.8) is 0 Å². The normalized spacial score (nSPS) is 25.6. The zero-order valence-electron chi connectivity index (χ0n) is 28.3. The van der Waals surface area contributed by atoms with E-state index in [9.17, 15) is 9.59 Å². The maximum absolute atomic E-state index is 13.1. The minimum atomic E-state index is -0.965. The molecule has 0 aromatic heterocycles. The van der Waals surface area contributed by atoms with Crippen molar-refractivity contribution in [1.29, 1.82) is 0 Å². The van der Waals surface area contributed by atoms with Gasteiger partial charge in [-0.1, -0.05) is 42.4 Å². The SMILES string of the molecule is CCC1=NOC(CCC2CC(OC(=O)NCc3cccc4c3OCO4)CC3(CCCC(COC(=O)NCCc4ccccc4OC)O3)O2)C1. The third-order valence-electron chi connectivity index (χ3n) is 9.36. The molecule has 4 heterocycles. The standard InChI is InChI=1S/C36H47N3O10/c1-3-26-18-28(49-39-26)14-13-27-19-30(46-35(41)38-21-25-9-6-12-32-33(25)45-23-44-32)20-36(47-27)16-7-10-29(48-36)22-43-34(40)37-17-15-24-8-4-5-11-31(24)42-2/h4-6,8-9,11-12,27-30H,3,7,10,13-23H2,1-2H3,(H,37,40)(H,38,41). The molecule has 4 aliphatic rings. The van der Waals surface area contributed by atoms with Crippen molar-refractivity contribution in [2.75, 3.05) is 27.1 Å². The average Bonchev–Trinajstić information content (AvgIpc) is 3.79. The fraction of sp³-hybridized carbons (Fsp3) is 0.583. The molecule has 5 atom stereocenters. The number of nitrogens with zero attached hydrogens (tertiary/aromatic N) is 1. The van der Waals surface area contributed by atoms with Crippen molar-refractivity contribution in [2.45, 2.75) is 108 Å². The first-order valence-electron chi connectivity index (χ1n) is 17.3. The van der Waals surface area contributed by atoms with E-state index in [0.29, 0.717) is 50.1 Å². The van der Waals surface area contributed by atoms with Crippen LogP contribution < -0.4 is 24.8 Å². The highest BCUT2D eigenvalue weighted by Crippen LogP contribution is 2.42. The predicted octanol–water partition coefficient (Wildman–Crippen LogP) is 5.77. The molecule has 13 nitrogen and oxygen atoms in total. The van der Waals surface area contributed by atoms with Crippen LogP contribution in [0.1, 0.15) is 75.8 Å². The zero-order valence-corrected chi connectivity index (χ0v) is 28.3. The van der Waals surface area contributed by atoms with E-state index in [1.807, 2.05) is 42.5 Å². The Morgan fingerprint density at radius 1 is 0.980 bits per heavy atom. The van der Waals surface area contributed by atoms with E-state index < -0.39 is 24.1 Å². The maximum Gasteiger partial charge on any atom is 0.407 e. The molecular formula is C36H47N3O10. The number of fused-ring (bicyclic) bond motifs is 1. The molecule has 1 spiro atoms. The van der Waals surface area contributed by atoms with Gasteiger partial charge in [0, 0.05) is 44.3 Å². The van der Waals surface area contributed by atoms with Crippen LogP contribution in [-0.2, 0) is 36.8 Å². The molecule has 2 fully saturated rings. The molecule has 2 aromatic carbocycles. The van der Waals surface area contributed by atoms with Gasteiger partial charge in [0.05, 0.1) is 25.0 Å². The number of hydrogen-bond acceptors (Lipinski definition) is 11. The van der Waals surface area contributed by atoms with E-state index in [1.165, 1.54) is 0 Å². The summed E-state index contributed by atoms with van der Waals surface area (Å²) in [5, 5.41) is 9.87. The van der Waals surface area contributed by atoms with Crippen molar-refractivity contribution >= 4 is 17.9 Å². The number of carbonyl (C=O) groups excluding carboxylic acids is 2. The number of alkyl carbamates (subject to hydrolysis) is 2. The molecule has 0 bridgehead atoms. The number of ether oxygens (including phenoxy) is 7. The smallest absolute Gasteiger partial charge is 0.407 e. The van der Waals surface area contributed by atoms with Crippen LogP contribution in [0.2, 0.25) is 0 Å². The minimum absolute atomic E-state index is 0.00723. The second-order valence-electron chi connectivity index (χ2n) is 12.9. The summed E-state index contributed by atoms with van der Waals surface area (Å²) < 4.78 is 41.2. The lowest BCUT2D eigenvalue weighted by Crippen LogP contribution is -2.53. The molecule has 6 rings (SSSR count). The van der Waals surface area contributed by atoms with Crippen LogP contribution in [0.25, 0.3) is 0 Å². The Morgan fingerprint density at radius 3 is 2.67 bits per heavy atom. The van der Waals surface area contributed by atoms with E-state index in [1.54, 1.807) is 7.11 Å². The fourth-order valence-electron chi connectivity index (χ4n) is 6.91. The number of methoxy groups -OCH3 is 1. The fourth-order valence-corrected chi connectivity index (χ4v) is 6.91. The third kappa shape index (κ3) is 9.27. The number of amides is 2. The molecule has 0 saturated carbocycles. The monoisotopic (exact) mass is 681 g/mol. The summed E-state index contributed by atoms with van der Waals surface area (Å²) in [5.41, 5.74) is 2.87. The lowest BCUT2D eigenvalue weighted by molar-refractivity contribution is -0.330. The van der Waals surface area contributed by atoms with Crippen molar-refractivity contribution in [1.82, 2.24) is 10.6 Å². The zero-order chi connectivity index (χ0) is 34.1. The summed E-state index contributed by atoms with van der Waals surface area (Å²) in [6, 6.07) is 13.3. The van der Waals surface area contributed by atoms with Gasteiger partial charge in [-0.15, -0.1) is 0 Å². The lowest BCUT2D eigenvalue weighted by Gasteiger charge is -2.48. The van der Waals surface area contributed by atoms with Crippen molar-refractivity contribution < 1.29 is 47.6 Å². The number of carbonyl (C=O) groups is 2. The molecule has 2 saturated heterocycles. The summed E-state index contributed by atoms with van der Waals surface area (Å²) in [6.45, 7) is 2.95. The van der Waals surface area contributed by atoms with E-state index in [-0.39, 0.29) is 38.3 Å². The van der Waals surface area contributed by atoms with Crippen LogP contribution in [0.3, 0.4) is 0 Å². The van der Waals surface area contributed by atoms with Crippen LogP contribution >= 0.6 is 0 Å². The lowest BCUT2D eigenvalue weighted by atomic mass is 9.89. The Labute approximate surface area is 286 Å². The molecule has 0 aliphatic carbocycles. The summed E-state index contributed by atoms with van der Waals surface area (Å²) in [7, 11) is 1.63. The van der Waals surface area contributed by atoms with Gasteiger partial charge in [-0.2, -0.15) is 0 Å². The summed E-state index contributed by atoms with van der Waals surface area (Å²) in [6.07, 6.45) is 4.78. The predicted molar refractivity (Wildman–Crippen MR) is 178 cm³/mol. The highest BCUT2D eigenvalue weighted by Gasteiger charge is 2.47. The second-order valence-corrected chi connectivity index (χ2v) is 12.9. The number of benzene rings is 2. The number of rotatable bonds is 13. The van der Waals surface area contributed by atoms with E-state index in [4.69, 9.17) is 38.0 Å². The first-order valence-corrected chi connectivity index (χ1v) is 17.3. The summed E-state index contributed by atoms with van der Waals surface area (Å²) in [5.74, 6) is 1.10. The van der Waals surface area contributed by atoms with Gasteiger partial charge in [-0.25, -0.2) is 9.59 Å². The van der Waals surface area contributed by atoms with Crippen molar-refractivity contribution in [3.8, 4) is 17.2 Å². The van der Waals surface area contributed by atoms with Crippen molar-refractivity contribution in [2.24, 2.45) is 5.16 Å². The van der Waals surface area contributed by atoms with E-state index in [0.717, 1.165) is 54.7 Å². The highest BCUT2D eigenvalue weighted by atomic mass is 16.7. The Morgan fingerprint density at radius 2 is 1.82 bits per heavy atom.